The van der Waals surface area contributed by atoms with Gasteiger partial charge in [0.1, 0.15) is 0 Å². The molecule has 0 unspecified atom stereocenters. The third-order valence-corrected chi connectivity index (χ3v) is 2.64. The summed E-state index contributed by atoms with van der Waals surface area (Å²) in [6, 6.07) is 0.598. The van der Waals surface area contributed by atoms with Gasteiger partial charge in [-0.15, -0.1) is 0 Å². The van der Waals surface area contributed by atoms with Crippen LogP contribution in [0.1, 0.15) is 39.0 Å². The maximum absolute atomic E-state index is 10.4. The highest BCUT2D eigenvalue weighted by Crippen LogP contribution is 2.23. The Bertz CT molecular complexity index is 213. The van der Waals surface area contributed by atoms with Crippen molar-refractivity contribution in [2.75, 3.05) is 6.54 Å². The molecule has 0 radical (unpaired) electrons. The molecule has 0 aliphatic heterocycles. The zero-order valence-electron chi connectivity index (χ0n) is 8.75. The lowest BCUT2D eigenvalue weighted by atomic mass is 9.90. The van der Waals surface area contributed by atoms with Crippen molar-refractivity contribution in [3.8, 4) is 0 Å². The molecule has 1 saturated carbocycles. The lowest BCUT2D eigenvalue weighted by Gasteiger charge is -2.24. The first-order chi connectivity index (χ1) is 6.72. The smallest absolute Gasteiger partial charge is 0.328 e. The van der Waals surface area contributed by atoms with Gasteiger partial charge in [-0.1, -0.05) is 12.5 Å². The lowest BCUT2D eigenvalue weighted by molar-refractivity contribution is -0.131. The number of carbonyl (C=O) groups is 1. The van der Waals surface area contributed by atoms with E-state index < -0.39 is 5.97 Å². The molecule has 3 nitrogen and oxygen atoms in total. The van der Waals surface area contributed by atoms with Gasteiger partial charge in [-0.25, -0.2) is 4.79 Å². The van der Waals surface area contributed by atoms with Crippen molar-refractivity contribution < 1.29 is 9.90 Å². The summed E-state index contributed by atoms with van der Waals surface area (Å²) in [6.45, 7) is 3.23. The quantitative estimate of drug-likeness (QED) is 0.677. The van der Waals surface area contributed by atoms with Crippen LogP contribution in [0.4, 0.5) is 0 Å². The van der Waals surface area contributed by atoms with E-state index in [0.29, 0.717) is 6.04 Å². The van der Waals surface area contributed by atoms with Crippen molar-refractivity contribution in [1.82, 2.24) is 5.32 Å². The van der Waals surface area contributed by atoms with Crippen molar-refractivity contribution in [3.63, 3.8) is 0 Å². The minimum atomic E-state index is -0.806. The van der Waals surface area contributed by atoms with Crippen LogP contribution < -0.4 is 5.32 Å². The van der Waals surface area contributed by atoms with Crippen LogP contribution in [0.25, 0.3) is 0 Å². The number of carboxylic acids is 1. The van der Waals surface area contributed by atoms with Gasteiger partial charge in [0.05, 0.1) is 0 Å². The largest absolute Gasteiger partial charge is 0.478 e. The fraction of sp³-hybridized carbons (Fsp3) is 0.727. The fourth-order valence-corrected chi connectivity index (χ4v) is 1.86. The van der Waals surface area contributed by atoms with Crippen molar-refractivity contribution in [3.05, 3.63) is 11.6 Å². The van der Waals surface area contributed by atoms with Crippen LogP contribution in [0.5, 0.6) is 0 Å². The zero-order chi connectivity index (χ0) is 10.4. The normalized spacial score (nSPS) is 22.1. The van der Waals surface area contributed by atoms with Crippen molar-refractivity contribution in [2.45, 2.75) is 45.1 Å². The highest BCUT2D eigenvalue weighted by atomic mass is 16.4. The lowest BCUT2D eigenvalue weighted by Crippen LogP contribution is -2.32. The molecule has 0 aromatic carbocycles. The Kier molecular flexibility index (Phi) is 4.66. The Balaban J connectivity index is 2.27. The summed E-state index contributed by atoms with van der Waals surface area (Å²) in [7, 11) is 0. The van der Waals surface area contributed by atoms with Gasteiger partial charge in [0.25, 0.3) is 0 Å². The fourth-order valence-electron chi connectivity index (χ4n) is 1.86. The summed E-state index contributed by atoms with van der Waals surface area (Å²) in [4.78, 5) is 10.4. The van der Waals surface area contributed by atoms with Crippen molar-refractivity contribution in [1.29, 1.82) is 0 Å². The molecular weight excluding hydrogens is 178 g/mol. The number of nitrogens with one attached hydrogen (secondary N) is 1. The van der Waals surface area contributed by atoms with E-state index in [2.05, 4.69) is 12.2 Å². The van der Waals surface area contributed by atoms with E-state index in [-0.39, 0.29) is 0 Å². The molecule has 1 aliphatic rings. The van der Waals surface area contributed by atoms with Gasteiger partial charge in [0, 0.05) is 12.1 Å². The van der Waals surface area contributed by atoms with Crippen LogP contribution in [0, 0.1) is 0 Å². The highest BCUT2D eigenvalue weighted by Gasteiger charge is 2.15. The molecule has 0 aromatic heterocycles. The molecule has 1 rings (SSSR count). The summed E-state index contributed by atoms with van der Waals surface area (Å²) in [5.41, 5.74) is 1.09. The molecule has 0 saturated heterocycles. The molecule has 0 amide bonds. The Morgan fingerprint density at radius 1 is 1.57 bits per heavy atom. The van der Waals surface area contributed by atoms with Crippen molar-refractivity contribution >= 4 is 5.97 Å². The van der Waals surface area contributed by atoms with E-state index in [1.165, 1.54) is 6.08 Å². The van der Waals surface area contributed by atoms with Crippen LogP contribution in [-0.2, 0) is 4.79 Å². The summed E-state index contributed by atoms with van der Waals surface area (Å²) in [6.07, 6.45) is 6.57. The Labute approximate surface area is 85.2 Å². The molecule has 14 heavy (non-hydrogen) atoms. The van der Waals surface area contributed by atoms with Crippen LogP contribution in [0.3, 0.4) is 0 Å². The second-order valence-corrected chi connectivity index (χ2v) is 3.87. The van der Waals surface area contributed by atoms with Crippen LogP contribution in [0.2, 0.25) is 0 Å². The second kappa shape index (κ2) is 5.81. The van der Waals surface area contributed by atoms with Gasteiger partial charge >= 0.3 is 5.97 Å². The highest BCUT2D eigenvalue weighted by molar-refractivity contribution is 5.80. The molecule has 2 N–H and O–H groups in total. The molecular formula is C11H19NO2. The van der Waals surface area contributed by atoms with E-state index in [9.17, 15) is 4.79 Å². The van der Waals surface area contributed by atoms with E-state index in [1.54, 1.807) is 0 Å². The predicted molar refractivity (Wildman–Crippen MR) is 56.3 cm³/mol. The number of hydrogen-bond acceptors (Lipinski definition) is 2. The molecule has 0 spiro atoms. The molecule has 0 aromatic rings. The minimum Gasteiger partial charge on any atom is -0.478 e. The van der Waals surface area contributed by atoms with Crippen LogP contribution in [-0.4, -0.2) is 23.7 Å². The third kappa shape index (κ3) is 3.92. The van der Waals surface area contributed by atoms with Gasteiger partial charge in [0.2, 0.25) is 0 Å². The summed E-state index contributed by atoms with van der Waals surface area (Å²) < 4.78 is 0. The zero-order valence-corrected chi connectivity index (χ0v) is 8.75. The maximum Gasteiger partial charge on any atom is 0.328 e. The summed E-state index contributed by atoms with van der Waals surface area (Å²) in [5, 5.41) is 12.1. The number of allylic oxidation sites excluding steroid dienone is 1. The standard InChI is InChI=1S/C11H19NO2/c1-2-7-12-10-5-3-9(4-6-10)8-11(13)14/h8,10,12H,2-7H2,1H3,(H,13,14). The topological polar surface area (TPSA) is 49.3 Å². The first kappa shape index (κ1) is 11.2. The number of aliphatic carboxylic acids is 1. The van der Waals surface area contributed by atoms with E-state index >= 15 is 0 Å². The van der Waals surface area contributed by atoms with E-state index in [0.717, 1.165) is 44.2 Å². The third-order valence-electron chi connectivity index (χ3n) is 2.64. The molecule has 3 heteroatoms. The van der Waals surface area contributed by atoms with E-state index in [1.807, 2.05) is 0 Å². The van der Waals surface area contributed by atoms with Gasteiger partial charge in [0.15, 0.2) is 0 Å². The molecule has 0 bridgehead atoms. The Morgan fingerprint density at radius 3 is 2.71 bits per heavy atom. The van der Waals surface area contributed by atoms with Gasteiger partial charge in [-0.05, 0) is 38.6 Å². The average molecular weight is 197 g/mol. The maximum atomic E-state index is 10.4. The summed E-state index contributed by atoms with van der Waals surface area (Å²) in [5.74, 6) is -0.806. The first-order valence-electron chi connectivity index (χ1n) is 5.38. The first-order valence-corrected chi connectivity index (χ1v) is 5.38. The Hall–Kier alpha value is -0.830. The second-order valence-electron chi connectivity index (χ2n) is 3.87. The molecule has 1 aliphatic carbocycles. The summed E-state index contributed by atoms with van der Waals surface area (Å²) >= 11 is 0. The van der Waals surface area contributed by atoms with E-state index in [4.69, 9.17) is 5.11 Å². The average Bonchev–Trinajstić information content (AvgIpc) is 2.16. The Morgan fingerprint density at radius 2 is 2.21 bits per heavy atom. The predicted octanol–water partition coefficient (Wildman–Crippen LogP) is 1.94. The van der Waals surface area contributed by atoms with Gasteiger partial charge in [-0.3, -0.25) is 0 Å². The number of hydrogen-bond donors (Lipinski definition) is 2. The SMILES string of the molecule is CCCNC1CCC(=CC(=O)O)CC1. The molecule has 80 valence electrons. The molecule has 1 fully saturated rings. The molecule has 0 atom stereocenters. The van der Waals surface area contributed by atoms with Gasteiger partial charge < -0.3 is 10.4 Å². The number of carboxylic acid groups (broad SMARTS) is 1. The minimum absolute atomic E-state index is 0.598. The van der Waals surface area contributed by atoms with Crippen LogP contribution >= 0.6 is 0 Å². The van der Waals surface area contributed by atoms with Gasteiger partial charge in [-0.2, -0.15) is 0 Å². The number of rotatable bonds is 4. The monoisotopic (exact) mass is 197 g/mol. The van der Waals surface area contributed by atoms with Crippen LogP contribution in [0.15, 0.2) is 11.6 Å². The van der Waals surface area contributed by atoms with Crippen molar-refractivity contribution in [2.24, 2.45) is 0 Å². The molecule has 0 heterocycles.